The van der Waals surface area contributed by atoms with Crippen LogP contribution in [0, 0.1) is 6.92 Å². The van der Waals surface area contributed by atoms with E-state index in [0.717, 1.165) is 30.8 Å². The molecule has 78 valence electrons. The van der Waals surface area contributed by atoms with Crippen LogP contribution in [0.4, 0.5) is 0 Å². The minimum Gasteiger partial charge on any atom is -0.474 e. The van der Waals surface area contributed by atoms with Crippen LogP contribution in [-0.4, -0.2) is 11.1 Å². The van der Waals surface area contributed by atoms with Gasteiger partial charge in [0.25, 0.3) is 0 Å². The lowest BCUT2D eigenvalue weighted by atomic mass is 10.2. The van der Waals surface area contributed by atoms with Crippen LogP contribution < -0.4 is 4.74 Å². The zero-order valence-electron chi connectivity index (χ0n) is 9.29. The van der Waals surface area contributed by atoms with Crippen molar-refractivity contribution in [1.82, 2.24) is 4.98 Å². The Balaban J connectivity index is 2.57. The van der Waals surface area contributed by atoms with Gasteiger partial charge >= 0.3 is 0 Å². The topological polar surface area (TPSA) is 22.1 Å². The number of pyridine rings is 1. The van der Waals surface area contributed by atoms with Gasteiger partial charge in [-0.25, -0.2) is 4.98 Å². The van der Waals surface area contributed by atoms with Gasteiger partial charge in [-0.05, 0) is 25.8 Å². The first-order valence-electron chi connectivity index (χ1n) is 5.36. The van der Waals surface area contributed by atoms with E-state index in [1.807, 2.05) is 25.1 Å². The van der Waals surface area contributed by atoms with Crippen LogP contribution in [0.3, 0.4) is 0 Å². The van der Waals surface area contributed by atoms with Crippen LogP contribution >= 0.6 is 0 Å². The van der Waals surface area contributed by atoms with E-state index in [-0.39, 0.29) is 0 Å². The number of aryl methyl sites for hydroxylation is 1. The van der Waals surface area contributed by atoms with Crippen LogP contribution in [0.15, 0.2) is 18.2 Å². The normalized spacial score (nSPS) is 12.5. The summed E-state index contributed by atoms with van der Waals surface area (Å²) in [4.78, 5) is 4.32. The minimum absolute atomic E-state index is 0.314. The number of nitrogens with zero attached hydrogens (tertiary/aromatic N) is 1. The van der Waals surface area contributed by atoms with Gasteiger partial charge in [-0.2, -0.15) is 0 Å². The summed E-state index contributed by atoms with van der Waals surface area (Å²) in [5.41, 5.74) is 1.01. The number of rotatable bonds is 5. The lowest BCUT2D eigenvalue weighted by Gasteiger charge is -2.15. The molecular weight excluding hydrogens is 174 g/mol. The molecule has 0 bridgehead atoms. The minimum atomic E-state index is 0.314. The van der Waals surface area contributed by atoms with Crippen LogP contribution in [0.2, 0.25) is 0 Å². The van der Waals surface area contributed by atoms with E-state index in [0.29, 0.717) is 6.10 Å². The van der Waals surface area contributed by atoms with Gasteiger partial charge in [0.05, 0.1) is 0 Å². The summed E-state index contributed by atoms with van der Waals surface area (Å²) in [6, 6.07) is 5.88. The lowest BCUT2D eigenvalue weighted by molar-refractivity contribution is 0.178. The Hall–Kier alpha value is -1.05. The Kier molecular flexibility index (Phi) is 4.44. The quantitative estimate of drug-likeness (QED) is 0.715. The summed E-state index contributed by atoms with van der Waals surface area (Å²) in [5.74, 6) is 0.755. The molecule has 0 aliphatic rings. The van der Waals surface area contributed by atoms with E-state index in [2.05, 4.69) is 18.8 Å². The van der Waals surface area contributed by atoms with Crippen molar-refractivity contribution in [3.05, 3.63) is 23.9 Å². The molecule has 0 amide bonds. The Morgan fingerprint density at radius 1 is 1.36 bits per heavy atom. The molecule has 0 N–H and O–H groups in total. The van der Waals surface area contributed by atoms with Crippen molar-refractivity contribution in [2.45, 2.75) is 46.1 Å². The Labute approximate surface area is 86.3 Å². The van der Waals surface area contributed by atoms with Crippen LogP contribution in [0.5, 0.6) is 5.88 Å². The first-order valence-corrected chi connectivity index (χ1v) is 5.36. The van der Waals surface area contributed by atoms with Crippen molar-refractivity contribution in [3.8, 4) is 5.88 Å². The van der Waals surface area contributed by atoms with Crippen molar-refractivity contribution in [3.63, 3.8) is 0 Å². The Morgan fingerprint density at radius 3 is 2.71 bits per heavy atom. The number of ether oxygens (including phenoxy) is 1. The summed E-state index contributed by atoms with van der Waals surface area (Å²) in [6.45, 7) is 6.31. The van der Waals surface area contributed by atoms with Crippen molar-refractivity contribution in [2.75, 3.05) is 0 Å². The molecule has 1 unspecified atom stereocenters. The van der Waals surface area contributed by atoms with Crippen LogP contribution in [-0.2, 0) is 0 Å². The molecule has 2 heteroatoms. The fourth-order valence-corrected chi connectivity index (χ4v) is 1.42. The van der Waals surface area contributed by atoms with Gasteiger partial charge in [0.2, 0.25) is 5.88 Å². The maximum Gasteiger partial charge on any atom is 0.213 e. The van der Waals surface area contributed by atoms with Gasteiger partial charge < -0.3 is 4.74 Å². The molecule has 0 saturated heterocycles. The van der Waals surface area contributed by atoms with E-state index in [9.17, 15) is 0 Å². The van der Waals surface area contributed by atoms with Crippen molar-refractivity contribution >= 4 is 0 Å². The van der Waals surface area contributed by atoms with E-state index >= 15 is 0 Å². The largest absolute Gasteiger partial charge is 0.474 e. The van der Waals surface area contributed by atoms with Gasteiger partial charge in [0.15, 0.2) is 0 Å². The van der Waals surface area contributed by atoms with Crippen molar-refractivity contribution in [1.29, 1.82) is 0 Å². The average Bonchev–Trinajstić information content (AvgIpc) is 2.17. The number of aromatic nitrogens is 1. The zero-order valence-corrected chi connectivity index (χ0v) is 9.29. The second-order valence-corrected chi connectivity index (χ2v) is 3.55. The SMILES string of the molecule is CCCC(CC)Oc1cccc(C)n1. The highest BCUT2D eigenvalue weighted by atomic mass is 16.5. The van der Waals surface area contributed by atoms with Crippen molar-refractivity contribution in [2.24, 2.45) is 0 Å². The zero-order chi connectivity index (χ0) is 10.4. The molecule has 1 atom stereocenters. The monoisotopic (exact) mass is 193 g/mol. The standard InChI is InChI=1S/C12H19NO/c1-4-7-11(5-2)14-12-9-6-8-10(3)13-12/h6,8-9,11H,4-5,7H2,1-3H3. The van der Waals surface area contributed by atoms with E-state index in [1.54, 1.807) is 0 Å². The van der Waals surface area contributed by atoms with Crippen LogP contribution in [0.1, 0.15) is 38.8 Å². The molecule has 14 heavy (non-hydrogen) atoms. The first-order chi connectivity index (χ1) is 6.76. The fourth-order valence-electron chi connectivity index (χ4n) is 1.42. The molecule has 0 aliphatic carbocycles. The second-order valence-electron chi connectivity index (χ2n) is 3.55. The highest BCUT2D eigenvalue weighted by Crippen LogP contribution is 2.13. The van der Waals surface area contributed by atoms with E-state index < -0.39 is 0 Å². The third-order valence-electron chi connectivity index (χ3n) is 2.22. The van der Waals surface area contributed by atoms with Gasteiger partial charge in [-0.3, -0.25) is 0 Å². The fraction of sp³-hybridized carbons (Fsp3) is 0.583. The smallest absolute Gasteiger partial charge is 0.213 e. The van der Waals surface area contributed by atoms with Gasteiger partial charge in [0, 0.05) is 11.8 Å². The highest BCUT2D eigenvalue weighted by Gasteiger charge is 2.07. The summed E-state index contributed by atoms with van der Waals surface area (Å²) < 4.78 is 5.77. The van der Waals surface area contributed by atoms with E-state index in [1.165, 1.54) is 0 Å². The van der Waals surface area contributed by atoms with E-state index in [4.69, 9.17) is 4.74 Å². The number of hydrogen-bond donors (Lipinski definition) is 0. The molecule has 0 aromatic carbocycles. The van der Waals surface area contributed by atoms with Gasteiger partial charge in [-0.1, -0.05) is 26.3 Å². The summed E-state index contributed by atoms with van der Waals surface area (Å²) >= 11 is 0. The number of hydrogen-bond acceptors (Lipinski definition) is 2. The summed E-state index contributed by atoms with van der Waals surface area (Å²) in [5, 5.41) is 0. The molecule has 0 saturated carbocycles. The first kappa shape index (κ1) is 11.0. The predicted molar refractivity (Wildman–Crippen MR) is 58.6 cm³/mol. The summed E-state index contributed by atoms with van der Waals surface area (Å²) in [6.07, 6.45) is 3.62. The average molecular weight is 193 g/mol. The molecule has 0 spiro atoms. The molecule has 0 aliphatic heterocycles. The molecule has 0 fully saturated rings. The molecule has 1 rings (SSSR count). The molecule has 2 nitrogen and oxygen atoms in total. The molecule has 1 aromatic heterocycles. The Morgan fingerprint density at radius 2 is 2.14 bits per heavy atom. The van der Waals surface area contributed by atoms with Crippen LogP contribution in [0.25, 0.3) is 0 Å². The molecular formula is C12H19NO. The maximum absolute atomic E-state index is 5.77. The molecule has 1 heterocycles. The Bertz CT molecular complexity index is 273. The lowest BCUT2D eigenvalue weighted by Crippen LogP contribution is -2.15. The molecule has 1 aromatic rings. The predicted octanol–water partition coefficient (Wildman–Crippen LogP) is 3.35. The third kappa shape index (κ3) is 3.36. The van der Waals surface area contributed by atoms with Crippen molar-refractivity contribution < 1.29 is 4.74 Å². The maximum atomic E-state index is 5.77. The molecule has 0 radical (unpaired) electrons. The second kappa shape index (κ2) is 5.63. The van der Waals surface area contributed by atoms with Gasteiger partial charge in [-0.15, -0.1) is 0 Å². The highest BCUT2D eigenvalue weighted by molar-refractivity contribution is 5.14. The summed E-state index contributed by atoms with van der Waals surface area (Å²) in [7, 11) is 0. The third-order valence-corrected chi connectivity index (χ3v) is 2.22. The van der Waals surface area contributed by atoms with Gasteiger partial charge in [0.1, 0.15) is 6.10 Å².